The molecule has 0 bridgehead atoms. The summed E-state index contributed by atoms with van der Waals surface area (Å²) in [5.74, 6) is 1.17. The summed E-state index contributed by atoms with van der Waals surface area (Å²) < 4.78 is 10.8. The van der Waals surface area contributed by atoms with Gasteiger partial charge in [0.15, 0.2) is 11.5 Å². The normalized spacial score (nSPS) is 15.6. The molecule has 0 unspecified atom stereocenters. The first-order valence-electron chi connectivity index (χ1n) is 6.16. The van der Waals surface area contributed by atoms with Gasteiger partial charge >= 0.3 is 0 Å². The number of nitrogens with zero attached hydrogens (tertiary/aromatic N) is 1. The van der Waals surface area contributed by atoms with Crippen LogP contribution >= 0.6 is 11.6 Å². The molecule has 1 aromatic carbocycles. The Morgan fingerprint density at radius 2 is 2.11 bits per heavy atom. The lowest BCUT2D eigenvalue weighted by Gasteiger charge is -2.20. The SMILES string of the molecule is CCc1cc(OC)c(OC)c(C2(N=C=O)CC2)c1Cl. The van der Waals surface area contributed by atoms with Gasteiger partial charge in [0.1, 0.15) is 5.54 Å². The fourth-order valence-corrected chi connectivity index (χ4v) is 2.77. The van der Waals surface area contributed by atoms with E-state index in [1.54, 1.807) is 20.3 Å². The second-order valence-electron chi connectivity index (χ2n) is 4.55. The fourth-order valence-electron chi connectivity index (χ4n) is 2.32. The Labute approximate surface area is 117 Å². The largest absolute Gasteiger partial charge is 0.493 e. The molecule has 0 heterocycles. The Kier molecular flexibility index (Phi) is 3.83. The van der Waals surface area contributed by atoms with Crippen molar-refractivity contribution in [2.45, 2.75) is 31.7 Å². The highest BCUT2D eigenvalue weighted by molar-refractivity contribution is 6.32. The van der Waals surface area contributed by atoms with E-state index < -0.39 is 5.54 Å². The van der Waals surface area contributed by atoms with Crippen LogP contribution in [0.3, 0.4) is 0 Å². The highest BCUT2D eigenvalue weighted by atomic mass is 35.5. The molecule has 1 aromatic rings. The fraction of sp³-hybridized carbons (Fsp3) is 0.500. The van der Waals surface area contributed by atoms with Crippen LogP contribution in [0.5, 0.6) is 11.5 Å². The minimum Gasteiger partial charge on any atom is -0.493 e. The van der Waals surface area contributed by atoms with E-state index in [-0.39, 0.29) is 0 Å². The molecular formula is C14H16ClNO3. The van der Waals surface area contributed by atoms with E-state index in [1.165, 1.54) is 0 Å². The zero-order valence-electron chi connectivity index (χ0n) is 11.2. The molecule has 1 aliphatic rings. The number of rotatable bonds is 5. The lowest BCUT2D eigenvalue weighted by molar-refractivity contribution is 0.348. The van der Waals surface area contributed by atoms with Crippen molar-refractivity contribution in [3.8, 4) is 11.5 Å². The Morgan fingerprint density at radius 3 is 2.53 bits per heavy atom. The molecule has 1 saturated carbocycles. The van der Waals surface area contributed by atoms with Gasteiger partial charge in [-0.25, -0.2) is 4.79 Å². The van der Waals surface area contributed by atoms with Crippen LogP contribution in [-0.4, -0.2) is 20.3 Å². The first kappa shape index (κ1) is 13.9. The minimum absolute atomic E-state index is 0.557. The molecule has 0 N–H and O–H groups in total. The van der Waals surface area contributed by atoms with E-state index in [1.807, 2.05) is 13.0 Å². The molecule has 0 amide bonds. The molecule has 0 atom stereocenters. The second-order valence-corrected chi connectivity index (χ2v) is 4.93. The van der Waals surface area contributed by atoms with Crippen LogP contribution in [0.2, 0.25) is 5.02 Å². The van der Waals surface area contributed by atoms with Gasteiger partial charge in [-0.05, 0) is 30.9 Å². The third-order valence-corrected chi connectivity index (χ3v) is 3.94. The molecular weight excluding hydrogens is 266 g/mol. The monoisotopic (exact) mass is 281 g/mol. The first-order valence-corrected chi connectivity index (χ1v) is 6.54. The topological polar surface area (TPSA) is 47.9 Å². The quantitative estimate of drug-likeness (QED) is 0.615. The highest BCUT2D eigenvalue weighted by Gasteiger charge is 2.49. The molecule has 19 heavy (non-hydrogen) atoms. The van der Waals surface area contributed by atoms with E-state index in [9.17, 15) is 4.79 Å². The zero-order valence-corrected chi connectivity index (χ0v) is 12.0. The van der Waals surface area contributed by atoms with E-state index in [0.717, 1.165) is 30.4 Å². The number of carbonyl (C=O) groups excluding carboxylic acids is 1. The van der Waals surface area contributed by atoms with E-state index >= 15 is 0 Å². The van der Waals surface area contributed by atoms with Crippen LogP contribution in [0.4, 0.5) is 0 Å². The van der Waals surface area contributed by atoms with Crippen LogP contribution < -0.4 is 9.47 Å². The molecule has 102 valence electrons. The van der Waals surface area contributed by atoms with Gasteiger partial charge in [0.2, 0.25) is 6.08 Å². The smallest absolute Gasteiger partial charge is 0.235 e. The Morgan fingerprint density at radius 1 is 1.42 bits per heavy atom. The number of isocyanates is 1. The zero-order chi connectivity index (χ0) is 14.0. The van der Waals surface area contributed by atoms with E-state index in [2.05, 4.69) is 4.99 Å². The number of aliphatic imine (C=N–C) groups is 1. The van der Waals surface area contributed by atoms with Crippen molar-refractivity contribution in [1.29, 1.82) is 0 Å². The van der Waals surface area contributed by atoms with Crippen molar-refractivity contribution in [1.82, 2.24) is 0 Å². The Hall–Kier alpha value is -1.51. The predicted octanol–water partition coefficient (Wildman–Crippen LogP) is 3.24. The summed E-state index contributed by atoms with van der Waals surface area (Å²) in [6.45, 7) is 2.01. The van der Waals surface area contributed by atoms with E-state index in [4.69, 9.17) is 21.1 Å². The molecule has 2 rings (SSSR count). The number of hydrogen-bond donors (Lipinski definition) is 0. The Balaban J connectivity index is 2.72. The van der Waals surface area contributed by atoms with Gasteiger partial charge in [-0.3, -0.25) is 0 Å². The summed E-state index contributed by atoms with van der Waals surface area (Å²) in [5, 5.41) is 0.608. The van der Waals surface area contributed by atoms with Crippen LogP contribution in [0.15, 0.2) is 11.1 Å². The lowest BCUT2D eigenvalue weighted by Crippen LogP contribution is -2.09. The highest BCUT2D eigenvalue weighted by Crippen LogP contribution is 2.57. The number of methoxy groups -OCH3 is 2. The lowest BCUT2D eigenvalue weighted by atomic mass is 9.98. The number of ether oxygens (including phenoxy) is 2. The van der Waals surface area contributed by atoms with Crippen molar-refractivity contribution in [3.05, 3.63) is 22.2 Å². The van der Waals surface area contributed by atoms with Gasteiger partial charge in [0.05, 0.1) is 19.2 Å². The molecule has 0 spiro atoms. The maximum absolute atomic E-state index is 10.6. The Bertz CT molecular complexity index is 546. The second kappa shape index (κ2) is 5.24. The molecule has 5 heteroatoms. The molecule has 4 nitrogen and oxygen atoms in total. The third-order valence-electron chi connectivity index (χ3n) is 3.51. The minimum atomic E-state index is -0.581. The van der Waals surface area contributed by atoms with Crippen molar-refractivity contribution < 1.29 is 14.3 Å². The maximum atomic E-state index is 10.6. The number of halogens is 1. The van der Waals surface area contributed by atoms with Crippen LogP contribution in [0.1, 0.15) is 30.9 Å². The molecule has 0 radical (unpaired) electrons. The maximum Gasteiger partial charge on any atom is 0.235 e. The average Bonchev–Trinajstić information content (AvgIpc) is 3.18. The van der Waals surface area contributed by atoms with Crippen molar-refractivity contribution in [3.63, 3.8) is 0 Å². The molecule has 0 aliphatic heterocycles. The summed E-state index contributed by atoms with van der Waals surface area (Å²) in [6, 6.07) is 1.87. The van der Waals surface area contributed by atoms with Crippen LogP contribution in [0, 0.1) is 0 Å². The van der Waals surface area contributed by atoms with Gasteiger partial charge in [0, 0.05) is 5.56 Å². The molecule has 0 aromatic heterocycles. The standard InChI is InChI=1S/C14H16ClNO3/c1-4-9-7-10(18-2)13(19-3)11(12(9)15)14(5-6-14)16-8-17/h7H,4-6H2,1-3H3. The first-order chi connectivity index (χ1) is 9.13. The van der Waals surface area contributed by atoms with Gasteiger partial charge in [-0.1, -0.05) is 18.5 Å². The summed E-state index contributed by atoms with van der Waals surface area (Å²) in [7, 11) is 3.14. The van der Waals surface area contributed by atoms with Gasteiger partial charge < -0.3 is 9.47 Å². The van der Waals surface area contributed by atoms with Crippen LogP contribution in [0.25, 0.3) is 0 Å². The summed E-state index contributed by atoms with van der Waals surface area (Å²) >= 11 is 6.46. The predicted molar refractivity (Wildman–Crippen MR) is 73.0 cm³/mol. The van der Waals surface area contributed by atoms with E-state index in [0.29, 0.717) is 16.5 Å². The summed E-state index contributed by atoms with van der Waals surface area (Å²) in [5.41, 5.74) is 1.13. The number of hydrogen-bond acceptors (Lipinski definition) is 4. The van der Waals surface area contributed by atoms with Crippen LogP contribution in [-0.2, 0) is 16.8 Å². The van der Waals surface area contributed by atoms with Gasteiger partial charge in [-0.15, -0.1) is 0 Å². The average molecular weight is 282 g/mol. The van der Waals surface area contributed by atoms with Crippen molar-refractivity contribution in [2.24, 2.45) is 4.99 Å². The summed E-state index contributed by atoms with van der Waals surface area (Å²) in [4.78, 5) is 14.6. The molecule has 1 fully saturated rings. The van der Waals surface area contributed by atoms with Gasteiger partial charge in [-0.2, -0.15) is 4.99 Å². The number of benzene rings is 1. The van der Waals surface area contributed by atoms with Crippen molar-refractivity contribution in [2.75, 3.05) is 14.2 Å². The molecule has 0 saturated heterocycles. The van der Waals surface area contributed by atoms with Gasteiger partial charge in [0.25, 0.3) is 0 Å². The number of aryl methyl sites for hydroxylation is 1. The molecule has 1 aliphatic carbocycles. The third kappa shape index (κ3) is 2.22. The summed E-state index contributed by atoms with van der Waals surface area (Å²) in [6.07, 6.45) is 3.96. The van der Waals surface area contributed by atoms with Crippen molar-refractivity contribution >= 4 is 17.7 Å².